The molecule has 1 aromatic rings. The summed E-state index contributed by atoms with van der Waals surface area (Å²) in [6.07, 6.45) is -0.560. The quantitative estimate of drug-likeness (QED) is 0.641. The molecule has 0 saturated carbocycles. The molecule has 0 aliphatic carbocycles. The molecule has 0 radical (unpaired) electrons. The lowest BCUT2D eigenvalue weighted by Gasteiger charge is -2.43. The first-order chi connectivity index (χ1) is 11.9. The molecule has 8 heteroatoms. The molecule has 1 aromatic carbocycles. The zero-order chi connectivity index (χ0) is 19.9. The molecule has 2 rings (SSSR count). The fourth-order valence-corrected chi connectivity index (χ4v) is 2.89. The highest BCUT2D eigenvalue weighted by molar-refractivity contribution is 5.69. The molecule has 0 aromatic heterocycles. The van der Waals surface area contributed by atoms with Crippen molar-refractivity contribution in [2.45, 2.75) is 58.8 Å². The number of carbonyl (C=O) groups excluding carboxylic acids is 1. The van der Waals surface area contributed by atoms with Crippen molar-refractivity contribution in [3.63, 3.8) is 0 Å². The average molecular weight is 366 g/mol. The molecule has 144 valence electrons. The van der Waals surface area contributed by atoms with Crippen LogP contribution in [0.2, 0.25) is 0 Å². The molecule has 26 heavy (non-hydrogen) atoms. The lowest BCUT2D eigenvalue weighted by atomic mass is 9.79. The Labute approximate surface area is 153 Å². The Kier molecular flexibility index (Phi) is 5.07. The number of hydrogen-bond acceptors (Lipinski definition) is 6. The number of nitrogens with one attached hydrogen (secondary N) is 1. The number of fused-ring (bicyclic) bond motifs is 1. The van der Waals surface area contributed by atoms with Crippen molar-refractivity contribution in [1.82, 2.24) is 5.32 Å². The summed E-state index contributed by atoms with van der Waals surface area (Å²) in [4.78, 5) is 23.1. The van der Waals surface area contributed by atoms with Gasteiger partial charge >= 0.3 is 11.8 Å². The van der Waals surface area contributed by atoms with Crippen molar-refractivity contribution < 1.29 is 23.9 Å². The predicted octanol–water partition coefficient (Wildman–Crippen LogP) is 3.98. The third-order valence-corrected chi connectivity index (χ3v) is 4.48. The van der Waals surface area contributed by atoms with Gasteiger partial charge in [0.2, 0.25) is 0 Å². The molecule has 2 atom stereocenters. The van der Waals surface area contributed by atoms with Crippen molar-refractivity contribution in [3.05, 3.63) is 27.8 Å². The van der Waals surface area contributed by atoms with Gasteiger partial charge < -0.3 is 19.5 Å². The van der Waals surface area contributed by atoms with Crippen LogP contribution in [0.1, 0.15) is 53.1 Å². The summed E-state index contributed by atoms with van der Waals surface area (Å²) in [5.41, 5.74) is -0.850. The number of alkyl carbamates (subject to hydrolysis) is 1. The van der Waals surface area contributed by atoms with Crippen molar-refractivity contribution in [3.8, 4) is 11.5 Å². The van der Waals surface area contributed by atoms with Crippen LogP contribution in [0.5, 0.6) is 11.5 Å². The van der Waals surface area contributed by atoms with Gasteiger partial charge in [-0.15, -0.1) is 0 Å². The van der Waals surface area contributed by atoms with Crippen LogP contribution in [0.15, 0.2) is 12.1 Å². The van der Waals surface area contributed by atoms with Crippen LogP contribution >= 0.6 is 0 Å². The molecular formula is C18H26N2O6. The van der Waals surface area contributed by atoms with E-state index in [1.165, 1.54) is 13.2 Å². The number of benzene rings is 1. The normalized spacial score (nSPS) is 21.2. The lowest BCUT2D eigenvalue weighted by molar-refractivity contribution is -0.385. The first-order valence-corrected chi connectivity index (χ1v) is 8.40. The molecular weight excluding hydrogens is 340 g/mol. The van der Waals surface area contributed by atoms with Gasteiger partial charge in [-0.25, -0.2) is 4.79 Å². The Bertz CT molecular complexity index is 723. The van der Waals surface area contributed by atoms with E-state index in [-0.39, 0.29) is 17.4 Å². The van der Waals surface area contributed by atoms with E-state index in [0.717, 1.165) is 0 Å². The summed E-state index contributed by atoms with van der Waals surface area (Å²) in [5.74, 6) is 0.343. The zero-order valence-corrected chi connectivity index (χ0v) is 16.2. The van der Waals surface area contributed by atoms with Gasteiger partial charge in [0.25, 0.3) is 0 Å². The van der Waals surface area contributed by atoms with Gasteiger partial charge in [0.1, 0.15) is 17.0 Å². The Morgan fingerprint density at radius 2 is 1.96 bits per heavy atom. The van der Waals surface area contributed by atoms with Crippen LogP contribution in [0.4, 0.5) is 10.5 Å². The number of amides is 1. The Morgan fingerprint density at radius 3 is 2.46 bits per heavy atom. The fraction of sp³-hybridized carbons (Fsp3) is 0.611. The number of nitro groups is 1. The van der Waals surface area contributed by atoms with Gasteiger partial charge in [-0.05, 0) is 40.7 Å². The van der Waals surface area contributed by atoms with Crippen LogP contribution in [0, 0.1) is 16.0 Å². The predicted molar refractivity (Wildman–Crippen MR) is 95.6 cm³/mol. The zero-order valence-electron chi connectivity index (χ0n) is 16.2. The first-order valence-electron chi connectivity index (χ1n) is 8.40. The molecule has 1 heterocycles. The molecule has 1 N–H and O–H groups in total. The summed E-state index contributed by atoms with van der Waals surface area (Å²) in [7, 11) is 1.36. The minimum absolute atomic E-state index is 0.111. The largest absolute Gasteiger partial charge is 0.490 e. The van der Waals surface area contributed by atoms with Crippen LogP contribution in [0.25, 0.3) is 0 Å². The second-order valence-corrected chi connectivity index (χ2v) is 7.94. The van der Waals surface area contributed by atoms with Gasteiger partial charge in [-0.1, -0.05) is 6.92 Å². The van der Waals surface area contributed by atoms with Gasteiger partial charge in [0.15, 0.2) is 5.75 Å². The average Bonchev–Trinajstić information content (AvgIpc) is 2.48. The van der Waals surface area contributed by atoms with E-state index in [4.69, 9.17) is 14.2 Å². The summed E-state index contributed by atoms with van der Waals surface area (Å²) >= 11 is 0. The summed E-state index contributed by atoms with van der Waals surface area (Å²) in [6.45, 7) is 11.0. The summed E-state index contributed by atoms with van der Waals surface area (Å²) in [5, 5.41) is 14.2. The van der Waals surface area contributed by atoms with Crippen molar-refractivity contribution in [2.75, 3.05) is 7.11 Å². The third-order valence-electron chi connectivity index (χ3n) is 4.48. The fourth-order valence-electron chi connectivity index (χ4n) is 2.89. The molecule has 0 saturated heterocycles. The molecule has 1 amide bonds. The smallest absolute Gasteiger partial charge is 0.408 e. The number of rotatable bonds is 3. The van der Waals surface area contributed by atoms with Crippen molar-refractivity contribution in [2.24, 2.45) is 5.92 Å². The number of carbonyl (C=O) groups is 1. The van der Waals surface area contributed by atoms with Gasteiger partial charge in [-0.3, -0.25) is 10.1 Å². The van der Waals surface area contributed by atoms with E-state index in [9.17, 15) is 14.9 Å². The maximum Gasteiger partial charge on any atom is 0.408 e. The van der Waals surface area contributed by atoms with Crippen molar-refractivity contribution >= 4 is 11.8 Å². The lowest BCUT2D eigenvalue weighted by Crippen LogP contribution is -2.49. The third kappa shape index (κ3) is 4.00. The number of hydrogen-bond donors (Lipinski definition) is 1. The Morgan fingerprint density at radius 1 is 1.35 bits per heavy atom. The van der Waals surface area contributed by atoms with E-state index >= 15 is 0 Å². The highest BCUT2D eigenvalue weighted by Gasteiger charge is 2.43. The van der Waals surface area contributed by atoms with Crippen LogP contribution < -0.4 is 14.8 Å². The number of nitro benzene ring substituents is 1. The van der Waals surface area contributed by atoms with Gasteiger partial charge in [0.05, 0.1) is 24.1 Å². The topological polar surface area (TPSA) is 99.9 Å². The molecule has 1 aliphatic rings. The maximum absolute atomic E-state index is 12.3. The molecule has 8 nitrogen and oxygen atoms in total. The monoisotopic (exact) mass is 366 g/mol. The van der Waals surface area contributed by atoms with Gasteiger partial charge in [-0.2, -0.15) is 0 Å². The highest BCUT2D eigenvalue weighted by Crippen LogP contribution is 2.47. The molecule has 0 unspecified atom stereocenters. The van der Waals surface area contributed by atoms with E-state index in [1.807, 2.05) is 20.8 Å². The van der Waals surface area contributed by atoms with E-state index in [1.54, 1.807) is 26.8 Å². The summed E-state index contributed by atoms with van der Waals surface area (Å²) in [6, 6.07) is 2.44. The minimum atomic E-state index is -0.644. The molecule has 0 fully saturated rings. The Balaban J connectivity index is 2.49. The number of methoxy groups -OCH3 is 1. The SMILES string of the molecule is COc1cc2c(cc1[N+](=O)[O-])OC(C)(C)[C@H](C)[C@H]2NC(=O)OC(C)(C)C. The first kappa shape index (κ1) is 19.8. The van der Waals surface area contributed by atoms with Crippen molar-refractivity contribution in [1.29, 1.82) is 0 Å². The van der Waals surface area contributed by atoms with Gasteiger partial charge in [0, 0.05) is 11.5 Å². The summed E-state index contributed by atoms with van der Waals surface area (Å²) < 4.78 is 16.5. The van der Waals surface area contributed by atoms with E-state index in [0.29, 0.717) is 11.3 Å². The molecule has 0 spiro atoms. The molecule has 0 bridgehead atoms. The van der Waals surface area contributed by atoms with E-state index in [2.05, 4.69) is 5.32 Å². The second kappa shape index (κ2) is 6.66. The highest BCUT2D eigenvalue weighted by atomic mass is 16.6. The molecule has 1 aliphatic heterocycles. The number of nitrogens with zero attached hydrogens (tertiary/aromatic N) is 1. The maximum atomic E-state index is 12.3. The van der Waals surface area contributed by atoms with Crippen LogP contribution in [-0.4, -0.2) is 29.3 Å². The van der Waals surface area contributed by atoms with Crippen LogP contribution in [-0.2, 0) is 4.74 Å². The van der Waals surface area contributed by atoms with Crippen LogP contribution in [0.3, 0.4) is 0 Å². The standard InChI is InChI=1S/C18H26N2O6/c1-10-15(19-16(21)26-17(2,3)4)11-8-14(24-7)12(20(22)23)9-13(11)25-18(10,5)6/h8-10,15H,1-7H3,(H,19,21)/t10-,15-/m1/s1. The Hall–Kier alpha value is -2.51. The second-order valence-electron chi connectivity index (χ2n) is 7.94. The number of ether oxygens (including phenoxy) is 3. The minimum Gasteiger partial charge on any atom is -0.490 e. The van der Waals surface area contributed by atoms with E-state index < -0.39 is 28.3 Å².